The van der Waals surface area contributed by atoms with Crippen LogP contribution in [-0.4, -0.2) is 31.3 Å². The lowest BCUT2D eigenvalue weighted by atomic mass is 10.4. The van der Waals surface area contributed by atoms with Crippen LogP contribution in [0, 0.1) is 0 Å². The summed E-state index contributed by atoms with van der Waals surface area (Å²) < 4.78 is 23.2. The molecule has 1 aromatic carbocycles. The first-order valence-corrected chi connectivity index (χ1v) is 5.85. The number of carbonyl (C=O) groups is 1. The van der Waals surface area contributed by atoms with Crippen molar-refractivity contribution in [3.63, 3.8) is 0 Å². The van der Waals surface area contributed by atoms with Gasteiger partial charge in [0.25, 0.3) is 0 Å². The van der Waals surface area contributed by atoms with E-state index >= 15 is 0 Å². The van der Waals surface area contributed by atoms with Gasteiger partial charge in [0, 0.05) is 0 Å². The molecule has 0 spiro atoms. The van der Waals surface area contributed by atoms with Crippen molar-refractivity contribution in [2.45, 2.75) is 10.9 Å². The molecule has 0 aliphatic rings. The second-order valence-electron chi connectivity index (χ2n) is 3.04. The molecule has 0 saturated heterocycles. The van der Waals surface area contributed by atoms with Gasteiger partial charge in [-0.3, -0.25) is 4.79 Å². The van der Waals surface area contributed by atoms with E-state index in [4.69, 9.17) is 10.8 Å². The molecule has 1 atom stereocenters. The zero-order valence-corrected chi connectivity index (χ0v) is 8.65. The molecule has 0 heterocycles. The Morgan fingerprint density at radius 2 is 1.87 bits per heavy atom. The molecule has 1 aromatic rings. The molecular weight excluding hydrogens is 218 g/mol. The summed E-state index contributed by atoms with van der Waals surface area (Å²) in [5.74, 6) is -1.92. The van der Waals surface area contributed by atoms with E-state index in [-0.39, 0.29) is 4.90 Å². The third-order valence-electron chi connectivity index (χ3n) is 1.82. The van der Waals surface area contributed by atoms with Crippen molar-refractivity contribution in [2.75, 3.05) is 5.75 Å². The molecule has 0 bridgehead atoms. The third kappa shape index (κ3) is 3.03. The van der Waals surface area contributed by atoms with Crippen molar-refractivity contribution in [1.82, 2.24) is 0 Å². The topological polar surface area (TPSA) is 97.5 Å². The minimum absolute atomic E-state index is 0.0849. The van der Waals surface area contributed by atoms with E-state index in [0.29, 0.717) is 0 Å². The molecule has 0 fully saturated rings. The van der Waals surface area contributed by atoms with Gasteiger partial charge in [-0.25, -0.2) is 8.42 Å². The maximum absolute atomic E-state index is 11.6. The second kappa shape index (κ2) is 4.41. The van der Waals surface area contributed by atoms with Crippen LogP contribution in [0.2, 0.25) is 0 Å². The van der Waals surface area contributed by atoms with Crippen LogP contribution >= 0.6 is 0 Å². The SMILES string of the molecule is NC(CS(=O)(=O)c1ccccc1)C(=O)O. The fourth-order valence-corrected chi connectivity index (χ4v) is 2.41. The van der Waals surface area contributed by atoms with Gasteiger partial charge in [-0.15, -0.1) is 0 Å². The molecule has 0 radical (unpaired) electrons. The summed E-state index contributed by atoms with van der Waals surface area (Å²) in [5.41, 5.74) is 5.16. The summed E-state index contributed by atoms with van der Waals surface area (Å²) >= 11 is 0. The number of benzene rings is 1. The summed E-state index contributed by atoms with van der Waals surface area (Å²) in [6, 6.07) is 6.23. The van der Waals surface area contributed by atoms with E-state index in [1.165, 1.54) is 12.1 Å². The van der Waals surface area contributed by atoms with Crippen molar-refractivity contribution < 1.29 is 18.3 Å². The van der Waals surface area contributed by atoms with Gasteiger partial charge in [-0.2, -0.15) is 0 Å². The van der Waals surface area contributed by atoms with Gasteiger partial charge in [0.15, 0.2) is 9.84 Å². The molecular formula is C9H11NO4S. The highest BCUT2D eigenvalue weighted by atomic mass is 32.2. The lowest BCUT2D eigenvalue weighted by Gasteiger charge is -2.07. The molecule has 0 saturated carbocycles. The summed E-state index contributed by atoms with van der Waals surface area (Å²) in [6.07, 6.45) is 0. The van der Waals surface area contributed by atoms with Crippen LogP contribution in [0.25, 0.3) is 0 Å². The van der Waals surface area contributed by atoms with Crippen molar-refractivity contribution in [3.05, 3.63) is 30.3 Å². The van der Waals surface area contributed by atoms with Crippen LogP contribution in [0.15, 0.2) is 35.2 Å². The molecule has 15 heavy (non-hydrogen) atoms. The highest BCUT2D eigenvalue weighted by Gasteiger charge is 2.22. The molecule has 1 unspecified atom stereocenters. The zero-order valence-electron chi connectivity index (χ0n) is 7.83. The zero-order chi connectivity index (χ0) is 11.5. The highest BCUT2D eigenvalue weighted by Crippen LogP contribution is 2.10. The fraction of sp³-hybridized carbons (Fsp3) is 0.222. The van der Waals surface area contributed by atoms with Crippen LogP contribution in [-0.2, 0) is 14.6 Å². The van der Waals surface area contributed by atoms with Crippen LogP contribution in [0.1, 0.15) is 0 Å². The molecule has 0 aliphatic carbocycles. The molecule has 0 aliphatic heterocycles. The smallest absolute Gasteiger partial charge is 0.321 e. The molecule has 0 amide bonds. The predicted molar refractivity (Wildman–Crippen MR) is 54.1 cm³/mol. The van der Waals surface area contributed by atoms with Crippen LogP contribution in [0.3, 0.4) is 0 Å². The Balaban J connectivity index is 2.91. The lowest BCUT2D eigenvalue weighted by Crippen LogP contribution is -2.37. The number of hydrogen-bond acceptors (Lipinski definition) is 4. The fourth-order valence-electron chi connectivity index (χ4n) is 1.03. The van der Waals surface area contributed by atoms with Crippen molar-refractivity contribution in [3.8, 4) is 0 Å². The predicted octanol–water partition coefficient (Wildman–Crippen LogP) is -0.128. The normalized spacial score (nSPS) is 13.4. The maximum atomic E-state index is 11.6. The summed E-state index contributed by atoms with van der Waals surface area (Å²) in [5, 5.41) is 8.50. The minimum Gasteiger partial charge on any atom is -0.480 e. The van der Waals surface area contributed by atoms with E-state index in [0.717, 1.165) is 0 Å². The van der Waals surface area contributed by atoms with Crippen molar-refractivity contribution in [2.24, 2.45) is 5.73 Å². The standard InChI is InChI=1S/C9H11NO4S/c10-8(9(11)12)6-15(13,14)7-4-2-1-3-5-7/h1-5,8H,6,10H2,(H,11,12). The molecule has 3 N–H and O–H groups in total. The number of rotatable bonds is 4. The molecule has 82 valence electrons. The quantitative estimate of drug-likeness (QED) is 0.749. The van der Waals surface area contributed by atoms with Gasteiger partial charge in [0.05, 0.1) is 10.6 Å². The number of sulfone groups is 1. The number of hydrogen-bond donors (Lipinski definition) is 2. The summed E-state index contributed by atoms with van der Waals surface area (Å²) in [4.78, 5) is 10.5. The maximum Gasteiger partial charge on any atom is 0.321 e. The first-order chi connectivity index (χ1) is 6.93. The first-order valence-electron chi connectivity index (χ1n) is 4.19. The van der Waals surface area contributed by atoms with Crippen molar-refractivity contribution in [1.29, 1.82) is 0 Å². The third-order valence-corrected chi connectivity index (χ3v) is 3.61. The van der Waals surface area contributed by atoms with Gasteiger partial charge in [0.1, 0.15) is 6.04 Å². The van der Waals surface area contributed by atoms with Crippen LogP contribution in [0.5, 0.6) is 0 Å². The molecule has 1 rings (SSSR count). The van der Waals surface area contributed by atoms with Gasteiger partial charge in [-0.1, -0.05) is 18.2 Å². The van der Waals surface area contributed by atoms with E-state index < -0.39 is 27.6 Å². The Kier molecular flexibility index (Phi) is 3.43. The van der Waals surface area contributed by atoms with Gasteiger partial charge >= 0.3 is 5.97 Å². The lowest BCUT2D eigenvalue weighted by molar-refractivity contribution is -0.137. The van der Waals surface area contributed by atoms with E-state index in [2.05, 4.69) is 0 Å². The average Bonchev–Trinajstić information content (AvgIpc) is 2.18. The first kappa shape index (κ1) is 11.7. The monoisotopic (exact) mass is 229 g/mol. The largest absolute Gasteiger partial charge is 0.480 e. The Hall–Kier alpha value is -1.40. The van der Waals surface area contributed by atoms with Crippen molar-refractivity contribution >= 4 is 15.8 Å². The second-order valence-corrected chi connectivity index (χ2v) is 5.07. The minimum atomic E-state index is -3.61. The number of carboxylic acid groups (broad SMARTS) is 1. The van der Waals surface area contributed by atoms with Crippen LogP contribution < -0.4 is 5.73 Å². The van der Waals surface area contributed by atoms with Gasteiger partial charge in [-0.05, 0) is 12.1 Å². The number of nitrogens with two attached hydrogens (primary N) is 1. The number of carboxylic acids is 1. The van der Waals surface area contributed by atoms with Gasteiger partial charge < -0.3 is 10.8 Å². The van der Waals surface area contributed by atoms with E-state index in [1.807, 2.05) is 0 Å². The highest BCUT2D eigenvalue weighted by molar-refractivity contribution is 7.91. The van der Waals surface area contributed by atoms with Gasteiger partial charge in [0.2, 0.25) is 0 Å². The molecule has 5 nitrogen and oxygen atoms in total. The Bertz CT molecular complexity index is 440. The summed E-state index contributed by atoms with van der Waals surface area (Å²) in [7, 11) is -3.61. The molecule has 0 aromatic heterocycles. The Labute approximate surface area is 87.4 Å². The van der Waals surface area contributed by atoms with E-state index in [1.54, 1.807) is 18.2 Å². The Morgan fingerprint density at radius 3 is 2.33 bits per heavy atom. The number of aliphatic carboxylic acids is 1. The summed E-state index contributed by atoms with van der Waals surface area (Å²) in [6.45, 7) is 0. The molecule has 6 heteroatoms. The van der Waals surface area contributed by atoms with E-state index in [9.17, 15) is 13.2 Å². The average molecular weight is 229 g/mol. The Morgan fingerprint density at radius 1 is 1.33 bits per heavy atom. The van der Waals surface area contributed by atoms with Crippen LogP contribution in [0.4, 0.5) is 0 Å².